The van der Waals surface area contributed by atoms with Crippen LogP contribution in [0.2, 0.25) is 0 Å². The standard InChI is InChI=1S/C23H26N2O3/c1-7-24-17(5)21(23(27)28-6)20(22(24)26)13-18-12-15(3)25(16(18)4)19-10-8-14(2)9-11-19/h8-13H,7H2,1-6H3/b20-13-. The molecular formula is C23H26N2O3. The van der Waals surface area contributed by atoms with Gasteiger partial charge in [-0.25, -0.2) is 4.79 Å². The van der Waals surface area contributed by atoms with Crippen LogP contribution in [-0.4, -0.2) is 35.0 Å². The molecule has 0 aliphatic carbocycles. The molecule has 5 heteroatoms. The highest BCUT2D eigenvalue weighted by Gasteiger charge is 2.36. The van der Waals surface area contributed by atoms with E-state index in [0.717, 1.165) is 22.6 Å². The summed E-state index contributed by atoms with van der Waals surface area (Å²) >= 11 is 0. The average Bonchev–Trinajstić information content (AvgIpc) is 3.08. The number of carbonyl (C=O) groups is 2. The molecule has 28 heavy (non-hydrogen) atoms. The zero-order valence-electron chi connectivity index (χ0n) is 17.3. The number of carbonyl (C=O) groups excluding carboxylic acids is 2. The van der Waals surface area contributed by atoms with Gasteiger partial charge < -0.3 is 14.2 Å². The lowest BCUT2D eigenvalue weighted by atomic mass is 10.0. The van der Waals surface area contributed by atoms with E-state index in [0.29, 0.717) is 23.4 Å². The molecule has 146 valence electrons. The van der Waals surface area contributed by atoms with E-state index in [1.807, 2.05) is 26.8 Å². The van der Waals surface area contributed by atoms with E-state index >= 15 is 0 Å². The van der Waals surface area contributed by atoms with Crippen LogP contribution in [0.4, 0.5) is 0 Å². The first kappa shape index (κ1) is 19.7. The van der Waals surface area contributed by atoms with Crippen LogP contribution in [0.25, 0.3) is 11.8 Å². The van der Waals surface area contributed by atoms with Gasteiger partial charge in [-0.3, -0.25) is 4.79 Å². The minimum Gasteiger partial charge on any atom is -0.465 e. The van der Waals surface area contributed by atoms with Crippen LogP contribution in [0.15, 0.2) is 47.2 Å². The Hall–Kier alpha value is -3.08. The van der Waals surface area contributed by atoms with Gasteiger partial charge >= 0.3 is 5.97 Å². The summed E-state index contributed by atoms with van der Waals surface area (Å²) in [7, 11) is 1.34. The van der Waals surface area contributed by atoms with Crippen LogP contribution in [-0.2, 0) is 14.3 Å². The summed E-state index contributed by atoms with van der Waals surface area (Å²) in [4.78, 5) is 26.8. The summed E-state index contributed by atoms with van der Waals surface area (Å²) in [6.45, 7) is 10.3. The second-order valence-electron chi connectivity index (χ2n) is 7.06. The molecule has 2 heterocycles. The van der Waals surface area contributed by atoms with E-state index < -0.39 is 5.97 Å². The first-order valence-electron chi connectivity index (χ1n) is 9.39. The Balaban J connectivity index is 2.13. The van der Waals surface area contributed by atoms with Crippen molar-refractivity contribution >= 4 is 18.0 Å². The molecule has 3 rings (SSSR count). The molecule has 0 unspecified atom stereocenters. The minimum absolute atomic E-state index is 0.166. The Morgan fingerprint density at radius 3 is 2.32 bits per heavy atom. The topological polar surface area (TPSA) is 51.5 Å². The fourth-order valence-corrected chi connectivity index (χ4v) is 3.79. The smallest absolute Gasteiger partial charge is 0.340 e. The van der Waals surface area contributed by atoms with Crippen molar-refractivity contribution in [3.63, 3.8) is 0 Å². The number of esters is 1. The van der Waals surface area contributed by atoms with Gasteiger partial charge in [0, 0.05) is 29.3 Å². The summed E-state index contributed by atoms with van der Waals surface area (Å²) in [6, 6.07) is 10.3. The second-order valence-corrected chi connectivity index (χ2v) is 7.06. The van der Waals surface area contributed by atoms with Crippen LogP contribution in [0.5, 0.6) is 0 Å². The molecule has 0 radical (unpaired) electrons. The van der Waals surface area contributed by atoms with E-state index in [2.05, 4.69) is 35.8 Å². The van der Waals surface area contributed by atoms with Crippen LogP contribution in [0.3, 0.4) is 0 Å². The lowest BCUT2D eigenvalue weighted by Crippen LogP contribution is -2.24. The van der Waals surface area contributed by atoms with Gasteiger partial charge in [0.2, 0.25) is 0 Å². The summed E-state index contributed by atoms with van der Waals surface area (Å²) in [5.74, 6) is -0.652. The molecule has 1 aliphatic heterocycles. The van der Waals surface area contributed by atoms with Crippen molar-refractivity contribution < 1.29 is 14.3 Å². The van der Waals surface area contributed by atoms with Gasteiger partial charge in [-0.15, -0.1) is 0 Å². The molecule has 5 nitrogen and oxygen atoms in total. The van der Waals surface area contributed by atoms with E-state index in [4.69, 9.17) is 4.74 Å². The number of allylic oxidation sites excluding steroid dienone is 1. The molecule has 0 saturated carbocycles. The number of aryl methyl sites for hydroxylation is 2. The molecule has 1 aromatic heterocycles. The van der Waals surface area contributed by atoms with Gasteiger partial charge in [0.25, 0.3) is 5.91 Å². The Morgan fingerprint density at radius 1 is 1.11 bits per heavy atom. The van der Waals surface area contributed by atoms with E-state index in [9.17, 15) is 9.59 Å². The van der Waals surface area contributed by atoms with Crippen LogP contribution < -0.4 is 0 Å². The van der Waals surface area contributed by atoms with E-state index in [1.165, 1.54) is 12.7 Å². The predicted octanol–water partition coefficient (Wildman–Crippen LogP) is 4.10. The fraction of sp³-hybridized carbons (Fsp3) is 0.304. The number of likely N-dealkylation sites (N-methyl/N-ethyl adjacent to an activating group) is 1. The Bertz CT molecular complexity index is 1010. The van der Waals surface area contributed by atoms with Gasteiger partial charge in [-0.05, 0) is 64.5 Å². The van der Waals surface area contributed by atoms with E-state index in [-0.39, 0.29) is 5.91 Å². The number of benzene rings is 1. The van der Waals surface area contributed by atoms with Gasteiger partial charge in [-0.2, -0.15) is 0 Å². The maximum absolute atomic E-state index is 12.9. The molecule has 0 saturated heterocycles. The normalized spacial score (nSPS) is 15.7. The maximum atomic E-state index is 12.9. The maximum Gasteiger partial charge on any atom is 0.340 e. The van der Waals surface area contributed by atoms with Gasteiger partial charge in [-0.1, -0.05) is 17.7 Å². The zero-order chi connectivity index (χ0) is 20.6. The minimum atomic E-state index is -0.486. The molecule has 0 spiro atoms. The molecule has 1 aliphatic rings. The number of hydrogen-bond acceptors (Lipinski definition) is 3. The number of hydrogen-bond donors (Lipinski definition) is 0. The van der Waals surface area contributed by atoms with Crippen LogP contribution in [0.1, 0.15) is 36.4 Å². The molecule has 0 N–H and O–H groups in total. The SMILES string of the molecule is CCN1C(=O)/C(=C\c2cc(C)n(-c3ccc(C)cc3)c2C)C(C(=O)OC)=C1C. The lowest BCUT2D eigenvalue weighted by molar-refractivity contribution is -0.136. The van der Waals surface area contributed by atoms with E-state index in [1.54, 1.807) is 17.9 Å². The number of rotatable bonds is 4. The van der Waals surface area contributed by atoms with Crippen molar-refractivity contribution in [1.82, 2.24) is 9.47 Å². The van der Waals surface area contributed by atoms with Gasteiger partial charge in [0.15, 0.2) is 0 Å². The summed E-state index contributed by atoms with van der Waals surface area (Å²) in [6.07, 6.45) is 1.81. The van der Waals surface area contributed by atoms with Crippen molar-refractivity contribution in [2.75, 3.05) is 13.7 Å². The molecule has 0 atom stereocenters. The number of methoxy groups -OCH3 is 1. The number of nitrogens with zero attached hydrogens (tertiary/aromatic N) is 2. The van der Waals surface area contributed by atoms with Crippen molar-refractivity contribution in [3.8, 4) is 5.69 Å². The number of ether oxygens (including phenoxy) is 1. The largest absolute Gasteiger partial charge is 0.465 e. The number of amides is 1. The number of aromatic nitrogens is 1. The summed E-state index contributed by atoms with van der Waals surface area (Å²) in [5.41, 5.74) is 6.62. The molecule has 1 amide bonds. The second kappa shape index (κ2) is 7.50. The molecule has 2 aromatic rings. The van der Waals surface area contributed by atoms with Gasteiger partial charge in [0.05, 0.1) is 18.3 Å². The Morgan fingerprint density at radius 2 is 1.75 bits per heavy atom. The lowest BCUT2D eigenvalue weighted by Gasteiger charge is -2.14. The van der Waals surface area contributed by atoms with Gasteiger partial charge in [0.1, 0.15) is 0 Å². The third-order valence-corrected chi connectivity index (χ3v) is 5.28. The molecule has 0 fully saturated rings. The van der Waals surface area contributed by atoms with Crippen molar-refractivity contribution in [2.24, 2.45) is 0 Å². The first-order chi connectivity index (χ1) is 13.3. The van der Waals surface area contributed by atoms with Crippen LogP contribution >= 0.6 is 0 Å². The summed E-state index contributed by atoms with van der Waals surface area (Å²) < 4.78 is 7.08. The third kappa shape index (κ3) is 3.17. The molecule has 0 bridgehead atoms. The molecule has 1 aromatic carbocycles. The first-order valence-corrected chi connectivity index (χ1v) is 9.39. The highest BCUT2D eigenvalue weighted by molar-refractivity contribution is 6.16. The third-order valence-electron chi connectivity index (χ3n) is 5.28. The quantitative estimate of drug-likeness (QED) is 0.595. The highest BCUT2D eigenvalue weighted by atomic mass is 16.5. The van der Waals surface area contributed by atoms with Crippen molar-refractivity contribution in [1.29, 1.82) is 0 Å². The van der Waals surface area contributed by atoms with Crippen molar-refractivity contribution in [3.05, 3.63) is 69.7 Å². The fourth-order valence-electron chi connectivity index (χ4n) is 3.79. The predicted molar refractivity (Wildman–Crippen MR) is 110 cm³/mol. The Labute approximate surface area is 165 Å². The Kier molecular flexibility index (Phi) is 5.27. The van der Waals surface area contributed by atoms with Crippen LogP contribution in [0, 0.1) is 20.8 Å². The zero-order valence-corrected chi connectivity index (χ0v) is 17.3. The molecular weight excluding hydrogens is 352 g/mol. The monoisotopic (exact) mass is 378 g/mol. The highest BCUT2D eigenvalue weighted by Crippen LogP contribution is 2.33. The summed E-state index contributed by atoms with van der Waals surface area (Å²) in [5, 5.41) is 0. The van der Waals surface area contributed by atoms with Crippen molar-refractivity contribution in [2.45, 2.75) is 34.6 Å². The average molecular weight is 378 g/mol.